The van der Waals surface area contributed by atoms with Crippen molar-refractivity contribution in [3.63, 3.8) is 0 Å². The Hall–Kier alpha value is -1.58. The Morgan fingerprint density at radius 1 is 1.28 bits per heavy atom. The van der Waals surface area contributed by atoms with E-state index in [0.29, 0.717) is 5.91 Å². The van der Waals surface area contributed by atoms with E-state index in [1.807, 2.05) is 24.1 Å². The largest absolute Gasteiger partial charge is 0.355 e. The van der Waals surface area contributed by atoms with E-state index in [2.05, 4.69) is 16.0 Å². The van der Waals surface area contributed by atoms with E-state index in [9.17, 15) is 4.79 Å². The van der Waals surface area contributed by atoms with E-state index in [1.54, 1.807) is 0 Å². The van der Waals surface area contributed by atoms with Crippen molar-refractivity contribution in [3.8, 4) is 0 Å². The second-order valence-corrected chi connectivity index (χ2v) is 5.33. The molecule has 1 aromatic rings. The van der Waals surface area contributed by atoms with Gasteiger partial charge >= 0.3 is 0 Å². The lowest BCUT2D eigenvalue weighted by atomic mass is 9.98. The zero-order valence-corrected chi connectivity index (χ0v) is 10.8. The maximum absolute atomic E-state index is 12.1. The summed E-state index contributed by atoms with van der Waals surface area (Å²) in [6.45, 7) is 5.60. The Morgan fingerprint density at radius 2 is 2.00 bits per heavy atom. The molecule has 2 aliphatic heterocycles. The molecular weight excluding hydrogens is 226 g/mol. The van der Waals surface area contributed by atoms with Gasteiger partial charge in [0.2, 0.25) is 5.91 Å². The molecule has 0 bridgehead atoms. The number of amides is 1. The van der Waals surface area contributed by atoms with Crippen LogP contribution in [0.1, 0.15) is 18.4 Å². The van der Waals surface area contributed by atoms with E-state index < -0.39 is 0 Å². The van der Waals surface area contributed by atoms with Gasteiger partial charge in [0.25, 0.3) is 0 Å². The minimum Gasteiger partial charge on any atom is -0.355 e. The number of carbonyl (C=O) groups excluding carboxylic acids is 1. The lowest BCUT2D eigenvalue weighted by Gasteiger charge is -2.40. The number of carbonyl (C=O) groups is 1. The van der Waals surface area contributed by atoms with Crippen LogP contribution in [-0.2, 0) is 4.79 Å². The smallest absolute Gasteiger partial charge is 0.229 e. The van der Waals surface area contributed by atoms with Crippen molar-refractivity contribution in [1.29, 1.82) is 0 Å². The third-order valence-corrected chi connectivity index (χ3v) is 3.87. The van der Waals surface area contributed by atoms with E-state index in [1.165, 1.54) is 18.4 Å². The summed E-state index contributed by atoms with van der Waals surface area (Å²) >= 11 is 0. The Kier molecular flexibility index (Phi) is 2.94. The van der Waals surface area contributed by atoms with Crippen LogP contribution < -0.4 is 4.90 Å². The van der Waals surface area contributed by atoms with Crippen molar-refractivity contribution in [1.82, 2.24) is 9.88 Å². The summed E-state index contributed by atoms with van der Waals surface area (Å²) in [5, 5.41) is 0. The molecule has 4 heteroatoms. The molecule has 2 saturated heterocycles. The molecule has 0 unspecified atom stereocenters. The van der Waals surface area contributed by atoms with E-state index in [4.69, 9.17) is 0 Å². The third kappa shape index (κ3) is 2.07. The number of rotatable bonds is 2. The molecular formula is C14H19N3O. The van der Waals surface area contributed by atoms with Crippen LogP contribution in [0.3, 0.4) is 0 Å². The van der Waals surface area contributed by atoms with Crippen LogP contribution in [0.25, 0.3) is 0 Å². The highest BCUT2D eigenvalue weighted by molar-refractivity contribution is 5.82. The number of pyridine rings is 1. The van der Waals surface area contributed by atoms with Gasteiger partial charge in [0, 0.05) is 32.4 Å². The predicted octanol–water partition coefficient (Wildman–Crippen LogP) is 1.45. The Balaban J connectivity index is 1.56. The number of nitrogens with zero attached hydrogens (tertiary/aromatic N) is 3. The standard InChI is InChI=1S/C14H19N3O/c1-11-4-5-13(15-8-11)17-9-12(10-17)14(18)16-6-2-3-7-16/h4-5,8,12H,2-3,6-7,9-10H2,1H3. The maximum atomic E-state index is 12.1. The number of likely N-dealkylation sites (tertiary alicyclic amines) is 1. The van der Waals surface area contributed by atoms with Crippen LogP contribution in [0.4, 0.5) is 5.82 Å². The van der Waals surface area contributed by atoms with Crippen LogP contribution in [0, 0.1) is 12.8 Å². The molecule has 3 heterocycles. The molecule has 0 saturated carbocycles. The molecule has 4 nitrogen and oxygen atoms in total. The van der Waals surface area contributed by atoms with Gasteiger partial charge in [-0.3, -0.25) is 4.79 Å². The van der Waals surface area contributed by atoms with Crippen LogP contribution in [0.5, 0.6) is 0 Å². The maximum Gasteiger partial charge on any atom is 0.229 e. The van der Waals surface area contributed by atoms with Crippen molar-refractivity contribution in [3.05, 3.63) is 23.9 Å². The van der Waals surface area contributed by atoms with Crippen LogP contribution in [0.15, 0.2) is 18.3 Å². The highest BCUT2D eigenvalue weighted by Crippen LogP contribution is 2.25. The molecule has 18 heavy (non-hydrogen) atoms. The number of hydrogen-bond acceptors (Lipinski definition) is 3. The summed E-state index contributed by atoms with van der Waals surface area (Å²) in [6, 6.07) is 4.10. The van der Waals surface area contributed by atoms with Crippen molar-refractivity contribution < 1.29 is 4.79 Å². The summed E-state index contributed by atoms with van der Waals surface area (Å²) in [7, 11) is 0. The molecule has 0 atom stereocenters. The molecule has 3 rings (SSSR count). The first-order valence-electron chi connectivity index (χ1n) is 6.70. The van der Waals surface area contributed by atoms with Gasteiger partial charge in [-0.15, -0.1) is 0 Å². The fourth-order valence-electron chi connectivity index (χ4n) is 2.66. The quantitative estimate of drug-likeness (QED) is 0.791. The fraction of sp³-hybridized carbons (Fsp3) is 0.571. The highest BCUT2D eigenvalue weighted by atomic mass is 16.2. The lowest BCUT2D eigenvalue weighted by molar-refractivity contribution is -0.135. The monoisotopic (exact) mass is 245 g/mol. The summed E-state index contributed by atoms with van der Waals surface area (Å²) in [5.41, 5.74) is 1.17. The van der Waals surface area contributed by atoms with Gasteiger partial charge in [-0.05, 0) is 31.4 Å². The Labute approximate surface area is 108 Å². The van der Waals surface area contributed by atoms with Gasteiger partial charge < -0.3 is 9.80 Å². The zero-order chi connectivity index (χ0) is 12.5. The van der Waals surface area contributed by atoms with Gasteiger partial charge in [-0.25, -0.2) is 4.98 Å². The molecule has 96 valence electrons. The second kappa shape index (κ2) is 4.59. The second-order valence-electron chi connectivity index (χ2n) is 5.33. The first-order chi connectivity index (χ1) is 8.74. The van der Waals surface area contributed by atoms with E-state index in [0.717, 1.165) is 32.0 Å². The first kappa shape index (κ1) is 11.5. The van der Waals surface area contributed by atoms with Crippen LogP contribution in [0.2, 0.25) is 0 Å². The number of aromatic nitrogens is 1. The third-order valence-electron chi connectivity index (χ3n) is 3.87. The Bertz CT molecular complexity index is 431. The van der Waals surface area contributed by atoms with Crippen LogP contribution in [-0.4, -0.2) is 42.0 Å². The summed E-state index contributed by atoms with van der Waals surface area (Å²) in [5.74, 6) is 1.52. The molecule has 2 aliphatic rings. The van der Waals surface area contributed by atoms with Gasteiger partial charge in [-0.1, -0.05) is 6.07 Å². The molecule has 0 radical (unpaired) electrons. The van der Waals surface area contributed by atoms with Crippen molar-refractivity contribution in [2.24, 2.45) is 5.92 Å². The van der Waals surface area contributed by atoms with Crippen molar-refractivity contribution in [2.75, 3.05) is 31.1 Å². The van der Waals surface area contributed by atoms with Gasteiger partial charge in [0.15, 0.2) is 0 Å². The number of hydrogen-bond donors (Lipinski definition) is 0. The van der Waals surface area contributed by atoms with Crippen molar-refractivity contribution >= 4 is 11.7 Å². The number of aryl methyl sites for hydroxylation is 1. The summed E-state index contributed by atoms with van der Waals surface area (Å²) in [4.78, 5) is 20.7. The van der Waals surface area contributed by atoms with Gasteiger partial charge in [-0.2, -0.15) is 0 Å². The minimum absolute atomic E-state index is 0.186. The zero-order valence-electron chi connectivity index (χ0n) is 10.8. The van der Waals surface area contributed by atoms with Gasteiger partial charge in [0.1, 0.15) is 5.82 Å². The molecule has 0 aromatic carbocycles. The number of anilines is 1. The molecule has 2 fully saturated rings. The minimum atomic E-state index is 0.186. The molecule has 0 N–H and O–H groups in total. The molecule has 1 amide bonds. The topological polar surface area (TPSA) is 36.4 Å². The average molecular weight is 245 g/mol. The SMILES string of the molecule is Cc1ccc(N2CC(C(=O)N3CCCC3)C2)nc1. The van der Waals surface area contributed by atoms with E-state index >= 15 is 0 Å². The Morgan fingerprint density at radius 3 is 2.61 bits per heavy atom. The fourth-order valence-corrected chi connectivity index (χ4v) is 2.66. The first-order valence-corrected chi connectivity index (χ1v) is 6.70. The molecule has 1 aromatic heterocycles. The van der Waals surface area contributed by atoms with E-state index in [-0.39, 0.29) is 5.92 Å². The van der Waals surface area contributed by atoms with Crippen LogP contribution >= 0.6 is 0 Å². The highest BCUT2D eigenvalue weighted by Gasteiger charge is 2.36. The normalized spacial score (nSPS) is 20.1. The van der Waals surface area contributed by atoms with Gasteiger partial charge in [0.05, 0.1) is 5.92 Å². The lowest BCUT2D eigenvalue weighted by Crippen LogP contribution is -2.54. The average Bonchev–Trinajstić information content (AvgIpc) is 2.83. The van der Waals surface area contributed by atoms with Crippen molar-refractivity contribution in [2.45, 2.75) is 19.8 Å². The predicted molar refractivity (Wildman–Crippen MR) is 70.5 cm³/mol. The molecule has 0 aliphatic carbocycles. The summed E-state index contributed by atoms with van der Waals surface area (Å²) in [6.07, 6.45) is 4.22. The summed E-state index contributed by atoms with van der Waals surface area (Å²) < 4.78 is 0. The molecule has 0 spiro atoms.